The van der Waals surface area contributed by atoms with E-state index >= 15 is 0 Å². The fourth-order valence-corrected chi connectivity index (χ4v) is 3.44. The Morgan fingerprint density at radius 2 is 2.00 bits per heavy atom. The minimum absolute atomic E-state index is 0.0142. The lowest BCUT2D eigenvalue weighted by Crippen LogP contribution is -2.36. The van der Waals surface area contributed by atoms with Crippen LogP contribution in [0.2, 0.25) is 0 Å². The normalized spacial score (nSPS) is 15.8. The average Bonchev–Trinajstić information content (AvgIpc) is 3.16. The fourth-order valence-electron chi connectivity index (χ4n) is 3.44. The second-order valence-corrected chi connectivity index (χ2v) is 6.70. The smallest absolute Gasteiger partial charge is 0.203 e. The van der Waals surface area contributed by atoms with Gasteiger partial charge in [0.05, 0.1) is 11.6 Å². The predicted molar refractivity (Wildman–Crippen MR) is 97.4 cm³/mol. The van der Waals surface area contributed by atoms with Crippen molar-refractivity contribution in [2.24, 2.45) is 5.92 Å². The van der Waals surface area contributed by atoms with Gasteiger partial charge in [0.15, 0.2) is 5.82 Å². The number of hydrogen-bond donors (Lipinski definition) is 1. The predicted octanol–water partition coefficient (Wildman–Crippen LogP) is 2.92. The highest BCUT2D eigenvalue weighted by atomic mass is 16.1. The molecule has 0 saturated carbocycles. The summed E-state index contributed by atoms with van der Waals surface area (Å²) in [5, 5.41) is 9.78. The number of carbonyl (C=O) groups excluding carboxylic acids is 1. The molecule has 0 aliphatic carbocycles. The van der Waals surface area contributed by atoms with Crippen LogP contribution in [0.5, 0.6) is 0 Å². The van der Waals surface area contributed by atoms with Crippen molar-refractivity contribution in [2.45, 2.75) is 19.4 Å². The molecule has 0 bridgehead atoms. The van der Waals surface area contributed by atoms with Gasteiger partial charge in [0, 0.05) is 30.2 Å². The number of nitriles is 1. The maximum absolute atomic E-state index is 12.7. The van der Waals surface area contributed by atoms with E-state index in [9.17, 15) is 4.79 Å². The molecule has 1 N–H and O–H groups in total. The van der Waals surface area contributed by atoms with Gasteiger partial charge in [-0.1, -0.05) is 12.1 Å². The largest absolute Gasteiger partial charge is 0.346 e. The van der Waals surface area contributed by atoms with Crippen LogP contribution in [0.25, 0.3) is 11.0 Å². The molecule has 6 heteroatoms. The van der Waals surface area contributed by atoms with Crippen LogP contribution in [-0.4, -0.2) is 38.7 Å². The van der Waals surface area contributed by atoms with Crippen LogP contribution >= 0.6 is 0 Å². The molecule has 2 aromatic heterocycles. The van der Waals surface area contributed by atoms with Gasteiger partial charge in [-0.3, -0.25) is 9.69 Å². The lowest BCUT2D eigenvalue weighted by Gasteiger charge is -2.30. The number of H-pyrrole nitrogens is 1. The van der Waals surface area contributed by atoms with Gasteiger partial charge in [-0.05, 0) is 49.7 Å². The average molecular weight is 345 g/mol. The van der Waals surface area contributed by atoms with E-state index in [2.05, 4.69) is 25.9 Å². The summed E-state index contributed by atoms with van der Waals surface area (Å²) in [6.45, 7) is 2.60. The monoisotopic (exact) mass is 345 g/mol. The van der Waals surface area contributed by atoms with Gasteiger partial charge in [-0.15, -0.1) is 0 Å². The number of hydrogen-bond acceptors (Lipinski definition) is 5. The summed E-state index contributed by atoms with van der Waals surface area (Å²) in [6, 6.07) is 11.7. The van der Waals surface area contributed by atoms with Crippen molar-refractivity contribution in [3.63, 3.8) is 0 Å². The number of aromatic nitrogens is 3. The molecule has 1 fully saturated rings. The summed E-state index contributed by atoms with van der Waals surface area (Å²) < 4.78 is 0. The van der Waals surface area contributed by atoms with Crippen molar-refractivity contribution in [2.75, 3.05) is 13.1 Å². The number of piperidine rings is 1. The third-order valence-electron chi connectivity index (χ3n) is 4.97. The van der Waals surface area contributed by atoms with Gasteiger partial charge >= 0.3 is 0 Å². The topological polar surface area (TPSA) is 85.7 Å². The van der Waals surface area contributed by atoms with Crippen LogP contribution < -0.4 is 0 Å². The molecule has 3 heterocycles. The Balaban J connectivity index is 1.36. The van der Waals surface area contributed by atoms with E-state index < -0.39 is 0 Å². The Labute approximate surface area is 151 Å². The number of nitrogens with one attached hydrogen (secondary N) is 1. The number of likely N-dealkylation sites (tertiary alicyclic amines) is 1. The number of nitrogens with zero attached hydrogens (tertiary/aromatic N) is 4. The molecule has 1 aromatic carbocycles. The summed E-state index contributed by atoms with van der Waals surface area (Å²) in [5.41, 5.74) is 2.58. The third kappa shape index (κ3) is 3.35. The van der Waals surface area contributed by atoms with Crippen molar-refractivity contribution < 1.29 is 4.79 Å². The van der Waals surface area contributed by atoms with E-state index in [-0.39, 0.29) is 11.7 Å². The van der Waals surface area contributed by atoms with Crippen molar-refractivity contribution >= 4 is 16.8 Å². The van der Waals surface area contributed by atoms with E-state index in [1.165, 1.54) is 5.56 Å². The summed E-state index contributed by atoms with van der Waals surface area (Å²) in [7, 11) is 0. The molecule has 26 heavy (non-hydrogen) atoms. The molecule has 4 rings (SSSR count). The van der Waals surface area contributed by atoms with Crippen molar-refractivity contribution in [1.82, 2.24) is 19.9 Å². The number of Topliss-reactive ketones (excluding diaryl/α,β-unsaturated/α-hetero) is 1. The highest BCUT2D eigenvalue weighted by molar-refractivity contribution is 5.95. The van der Waals surface area contributed by atoms with Crippen LogP contribution in [0.3, 0.4) is 0 Å². The van der Waals surface area contributed by atoms with E-state index in [4.69, 9.17) is 5.26 Å². The van der Waals surface area contributed by atoms with Crippen LogP contribution in [0.4, 0.5) is 0 Å². The van der Waals surface area contributed by atoms with Gasteiger partial charge in [0.2, 0.25) is 5.78 Å². The number of benzene rings is 1. The van der Waals surface area contributed by atoms with E-state index in [0.717, 1.165) is 37.9 Å². The maximum atomic E-state index is 12.7. The minimum Gasteiger partial charge on any atom is -0.346 e. The molecule has 130 valence electrons. The van der Waals surface area contributed by atoms with Crippen LogP contribution in [0.1, 0.15) is 34.6 Å². The quantitative estimate of drug-likeness (QED) is 0.735. The summed E-state index contributed by atoms with van der Waals surface area (Å²) in [6.07, 6.45) is 5.14. The standard InChI is InChI=1S/C20H19N5O/c21-11-14-1-3-15(4-2-14)13-25-9-6-16(7-10-25)18(26)20-23-12-17-5-8-22-19(17)24-20/h1-5,8,12,16H,6-7,9-10,13H2,(H,22,23,24). The number of rotatable bonds is 4. The number of carbonyl (C=O) groups is 1. The second-order valence-electron chi connectivity index (χ2n) is 6.70. The van der Waals surface area contributed by atoms with Crippen LogP contribution in [-0.2, 0) is 6.54 Å². The Morgan fingerprint density at radius 3 is 2.73 bits per heavy atom. The lowest BCUT2D eigenvalue weighted by atomic mass is 9.91. The molecular weight excluding hydrogens is 326 g/mol. The Bertz CT molecular complexity index is 962. The molecule has 0 atom stereocenters. The molecule has 0 unspecified atom stereocenters. The first-order valence-corrected chi connectivity index (χ1v) is 8.78. The Kier molecular flexibility index (Phi) is 4.46. The number of fused-ring (bicyclic) bond motifs is 1. The molecule has 1 aliphatic heterocycles. The van der Waals surface area contributed by atoms with Gasteiger partial charge in [0.25, 0.3) is 0 Å². The first-order valence-electron chi connectivity index (χ1n) is 8.78. The minimum atomic E-state index is -0.0142. The fraction of sp³-hybridized carbons (Fsp3) is 0.300. The molecule has 0 spiro atoms. The highest BCUT2D eigenvalue weighted by Gasteiger charge is 2.27. The van der Waals surface area contributed by atoms with E-state index in [1.54, 1.807) is 12.4 Å². The number of aromatic amines is 1. The molecule has 3 aromatic rings. The van der Waals surface area contributed by atoms with Gasteiger partial charge < -0.3 is 4.98 Å². The summed E-state index contributed by atoms with van der Waals surface area (Å²) >= 11 is 0. The molecule has 1 saturated heterocycles. The Morgan fingerprint density at radius 1 is 1.23 bits per heavy atom. The van der Waals surface area contributed by atoms with E-state index in [1.807, 2.05) is 30.3 Å². The van der Waals surface area contributed by atoms with Gasteiger partial charge in [-0.25, -0.2) is 9.97 Å². The first kappa shape index (κ1) is 16.4. The zero-order chi connectivity index (χ0) is 17.9. The zero-order valence-electron chi connectivity index (χ0n) is 14.4. The summed E-state index contributed by atoms with van der Waals surface area (Å²) in [5.74, 6) is 0.338. The molecule has 0 amide bonds. The SMILES string of the molecule is N#Cc1ccc(CN2CCC(C(=O)c3ncc4cc[nH]c4n3)CC2)cc1. The van der Waals surface area contributed by atoms with Crippen molar-refractivity contribution in [3.05, 3.63) is 59.7 Å². The molecule has 6 nitrogen and oxygen atoms in total. The van der Waals surface area contributed by atoms with Crippen molar-refractivity contribution in [3.8, 4) is 6.07 Å². The first-order chi connectivity index (χ1) is 12.7. The highest BCUT2D eigenvalue weighted by Crippen LogP contribution is 2.22. The number of ketones is 1. The van der Waals surface area contributed by atoms with Crippen LogP contribution in [0.15, 0.2) is 42.7 Å². The lowest BCUT2D eigenvalue weighted by molar-refractivity contribution is 0.0824. The second kappa shape index (κ2) is 7.06. The van der Waals surface area contributed by atoms with Crippen molar-refractivity contribution in [1.29, 1.82) is 5.26 Å². The molecular formula is C20H19N5O. The Hall–Kier alpha value is -3.04. The zero-order valence-corrected chi connectivity index (χ0v) is 14.4. The van der Waals surface area contributed by atoms with Gasteiger partial charge in [0.1, 0.15) is 5.65 Å². The molecule has 1 aliphatic rings. The van der Waals surface area contributed by atoms with E-state index in [0.29, 0.717) is 17.0 Å². The van der Waals surface area contributed by atoms with Crippen LogP contribution in [0, 0.1) is 17.2 Å². The third-order valence-corrected chi connectivity index (χ3v) is 4.97. The molecule has 0 radical (unpaired) electrons. The summed E-state index contributed by atoms with van der Waals surface area (Å²) in [4.78, 5) is 26.7. The van der Waals surface area contributed by atoms with Gasteiger partial charge in [-0.2, -0.15) is 5.26 Å². The maximum Gasteiger partial charge on any atom is 0.203 e.